The van der Waals surface area contributed by atoms with Gasteiger partial charge in [0.15, 0.2) is 0 Å². The zero-order valence-electron chi connectivity index (χ0n) is 9.29. The monoisotopic (exact) mass is 210 g/mol. The van der Waals surface area contributed by atoms with E-state index in [2.05, 4.69) is 19.9 Å². The minimum atomic E-state index is -1.88. The topological polar surface area (TPSA) is 17.1 Å². The summed E-state index contributed by atoms with van der Waals surface area (Å²) in [5.41, 5.74) is 0.499. The molecular weight excluding hydrogens is 191 g/mol. The summed E-state index contributed by atoms with van der Waals surface area (Å²) in [5, 5.41) is 1.37. The number of hydrogen-bond donors (Lipinski definition) is 0. The third-order valence-corrected chi connectivity index (χ3v) is 7.75. The molecule has 0 aromatic rings. The van der Waals surface area contributed by atoms with Crippen molar-refractivity contribution in [3.8, 4) is 0 Å². The van der Waals surface area contributed by atoms with Gasteiger partial charge in [0.25, 0.3) is 0 Å². The quantitative estimate of drug-likeness (QED) is 0.559. The Morgan fingerprint density at radius 3 is 2.86 bits per heavy atom. The molecule has 2 bridgehead atoms. The molecule has 1 heterocycles. The average molecular weight is 210 g/mol. The Morgan fingerprint density at radius 1 is 1.50 bits per heavy atom. The Bertz CT molecular complexity index is 367. The molecule has 2 heteroatoms. The first-order valence-electron chi connectivity index (χ1n) is 5.72. The van der Waals surface area contributed by atoms with Crippen LogP contribution in [0.3, 0.4) is 0 Å². The Hall–Kier alpha value is -0.0300. The van der Waals surface area contributed by atoms with Gasteiger partial charge in [-0.25, -0.2) is 0 Å². The van der Waals surface area contributed by atoms with Crippen molar-refractivity contribution in [2.75, 3.05) is 12.8 Å². The van der Waals surface area contributed by atoms with Gasteiger partial charge in [0.05, 0.1) is 0 Å². The molecule has 3 aliphatic carbocycles. The van der Waals surface area contributed by atoms with Crippen LogP contribution >= 0.6 is 7.14 Å². The molecule has 0 aromatic heterocycles. The smallest absolute Gasteiger partial charge is 0.108 e. The summed E-state index contributed by atoms with van der Waals surface area (Å²) in [4.78, 5) is 0. The van der Waals surface area contributed by atoms with Gasteiger partial charge in [0, 0.05) is 6.16 Å². The molecule has 1 nitrogen and oxygen atoms in total. The van der Waals surface area contributed by atoms with Crippen LogP contribution in [0.2, 0.25) is 0 Å². The summed E-state index contributed by atoms with van der Waals surface area (Å²) in [5.74, 6) is 2.25. The Morgan fingerprint density at radius 2 is 2.21 bits per heavy atom. The first kappa shape index (κ1) is 9.21. The van der Waals surface area contributed by atoms with Gasteiger partial charge in [0.1, 0.15) is 7.14 Å². The Balaban J connectivity index is 2.07. The third kappa shape index (κ3) is 0.902. The maximum atomic E-state index is 12.3. The second-order valence-electron chi connectivity index (χ2n) is 6.08. The van der Waals surface area contributed by atoms with E-state index in [1.807, 2.05) is 6.66 Å². The van der Waals surface area contributed by atoms with Gasteiger partial charge >= 0.3 is 0 Å². The molecule has 0 amide bonds. The number of allylic oxidation sites excluding steroid dienone is 2. The predicted molar refractivity (Wildman–Crippen MR) is 60.0 cm³/mol. The van der Waals surface area contributed by atoms with Crippen LogP contribution in [-0.2, 0) is 4.57 Å². The van der Waals surface area contributed by atoms with Crippen LogP contribution in [0.1, 0.15) is 26.7 Å². The Labute approximate surface area is 86.3 Å². The van der Waals surface area contributed by atoms with Crippen molar-refractivity contribution < 1.29 is 4.57 Å². The molecule has 1 aliphatic heterocycles. The molecule has 1 saturated heterocycles. The van der Waals surface area contributed by atoms with Crippen molar-refractivity contribution in [2.24, 2.45) is 23.2 Å². The summed E-state index contributed by atoms with van der Waals surface area (Å²) in [6.07, 6.45) is 5.92. The molecule has 2 fully saturated rings. The standard InChI is InChI=1S/C12H19OP/c1-12(2)8-6-10(12)9-4-5-14(3,13)11(9)7-8/h7-10H,4-6H2,1-3H3. The highest BCUT2D eigenvalue weighted by atomic mass is 31.2. The lowest BCUT2D eigenvalue weighted by molar-refractivity contribution is -0.0318. The molecule has 4 rings (SSSR count). The van der Waals surface area contributed by atoms with E-state index < -0.39 is 7.14 Å². The van der Waals surface area contributed by atoms with Gasteiger partial charge in [-0.2, -0.15) is 0 Å². The lowest BCUT2D eigenvalue weighted by Crippen LogP contribution is -2.50. The summed E-state index contributed by atoms with van der Waals surface area (Å²) in [7, 11) is -1.88. The van der Waals surface area contributed by atoms with Crippen LogP contribution in [0.4, 0.5) is 0 Å². The fourth-order valence-corrected chi connectivity index (χ4v) is 6.40. The SMILES string of the molecule is CC1(C)C2C=C3C(CCP3(C)=O)C1C2. The molecule has 0 spiro atoms. The maximum absolute atomic E-state index is 12.3. The molecule has 4 aliphatic rings. The second-order valence-corrected chi connectivity index (χ2v) is 9.25. The van der Waals surface area contributed by atoms with Gasteiger partial charge in [-0.3, -0.25) is 0 Å². The van der Waals surface area contributed by atoms with Crippen LogP contribution in [0, 0.1) is 23.2 Å². The van der Waals surface area contributed by atoms with Crippen LogP contribution in [0.5, 0.6) is 0 Å². The molecule has 78 valence electrons. The van der Waals surface area contributed by atoms with E-state index >= 15 is 0 Å². The summed E-state index contributed by atoms with van der Waals surface area (Å²) in [6.45, 7) is 6.77. The predicted octanol–water partition coefficient (Wildman–Crippen LogP) is 3.56. The van der Waals surface area contributed by atoms with Gasteiger partial charge in [-0.05, 0) is 48.0 Å². The van der Waals surface area contributed by atoms with Crippen molar-refractivity contribution in [3.63, 3.8) is 0 Å². The maximum Gasteiger partial charge on any atom is 0.108 e. The first-order chi connectivity index (χ1) is 6.43. The van der Waals surface area contributed by atoms with Gasteiger partial charge in [0.2, 0.25) is 0 Å². The van der Waals surface area contributed by atoms with Gasteiger partial charge in [-0.15, -0.1) is 0 Å². The zero-order chi connectivity index (χ0) is 10.1. The largest absolute Gasteiger partial charge is 0.319 e. The minimum absolute atomic E-state index is 0.499. The van der Waals surface area contributed by atoms with Gasteiger partial charge in [-0.1, -0.05) is 19.9 Å². The summed E-state index contributed by atoms with van der Waals surface area (Å²) in [6, 6.07) is 0. The van der Waals surface area contributed by atoms with E-state index in [-0.39, 0.29) is 0 Å². The molecule has 0 N–H and O–H groups in total. The molecular formula is C12H19OP. The summed E-state index contributed by atoms with van der Waals surface area (Å²) < 4.78 is 12.3. The third-order valence-electron chi connectivity index (χ3n) is 5.07. The molecule has 0 radical (unpaired) electrons. The van der Waals surface area contributed by atoms with E-state index in [9.17, 15) is 4.57 Å². The van der Waals surface area contributed by atoms with Gasteiger partial charge < -0.3 is 4.57 Å². The highest BCUT2D eigenvalue weighted by molar-refractivity contribution is 7.67. The first-order valence-corrected chi connectivity index (χ1v) is 8.05. The lowest BCUT2D eigenvalue weighted by atomic mass is 9.48. The van der Waals surface area contributed by atoms with E-state index in [0.29, 0.717) is 11.3 Å². The molecule has 4 atom stereocenters. The molecule has 1 saturated carbocycles. The molecule has 0 aromatic carbocycles. The van der Waals surface area contributed by atoms with Crippen molar-refractivity contribution in [1.29, 1.82) is 0 Å². The molecule has 14 heavy (non-hydrogen) atoms. The highest BCUT2D eigenvalue weighted by Gasteiger charge is 2.57. The Kier molecular flexibility index (Phi) is 1.56. The van der Waals surface area contributed by atoms with E-state index in [1.54, 1.807) is 0 Å². The van der Waals surface area contributed by atoms with Crippen molar-refractivity contribution in [3.05, 3.63) is 11.4 Å². The van der Waals surface area contributed by atoms with Crippen molar-refractivity contribution in [1.82, 2.24) is 0 Å². The van der Waals surface area contributed by atoms with E-state index in [1.165, 1.54) is 18.2 Å². The fraction of sp³-hybridized carbons (Fsp3) is 0.833. The number of hydrogen-bond acceptors (Lipinski definition) is 1. The fourth-order valence-electron chi connectivity index (χ4n) is 3.87. The van der Waals surface area contributed by atoms with E-state index in [4.69, 9.17) is 0 Å². The highest BCUT2D eigenvalue weighted by Crippen LogP contribution is 2.72. The second kappa shape index (κ2) is 2.38. The number of rotatable bonds is 0. The van der Waals surface area contributed by atoms with Crippen LogP contribution in [0.25, 0.3) is 0 Å². The normalized spacial score (nSPS) is 53.4. The summed E-state index contributed by atoms with van der Waals surface area (Å²) >= 11 is 0. The molecule has 4 unspecified atom stereocenters. The van der Waals surface area contributed by atoms with Crippen LogP contribution in [0.15, 0.2) is 11.4 Å². The van der Waals surface area contributed by atoms with Crippen LogP contribution < -0.4 is 0 Å². The lowest BCUT2D eigenvalue weighted by Gasteiger charge is -2.58. The van der Waals surface area contributed by atoms with Crippen molar-refractivity contribution in [2.45, 2.75) is 26.7 Å². The van der Waals surface area contributed by atoms with Crippen LogP contribution in [-0.4, -0.2) is 12.8 Å². The zero-order valence-corrected chi connectivity index (χ0v) is 10.2. The van der Waals surface area contributed by atoms with Crippen molar-refractivity contribution >= 4 is 7.14 Å². The van der Waals surface area contributed by atoms with E-state index in [0.717, 1.165) is 18.0 Å². The minimum Gasteiger partial charge on any atom is -0.319 e. The average Bonchev–Trinajstić information content (AvgIpc) is 2.42.